The maximum atomic E-state index is 12.8. The maximum absolute atomic E-state index is 12.8. The average Bonchev–Trinajstić information content (AvgIpc) is 2.81. The number of fused-ring (bicyclic) bond motifs is 1. The van der Waals surface area contributed by atoms with Crippen LogP contribution in [-0.2, 0) is 9.59 Å². The molecular formula is C17H12Cl2N2O3. The molecule has 7 heteroatoms. The Morgan fingerprint density at radius 3 is 2.29 bits per heavy atom. The third kappa shape index (κ3) is 2.05. The Bertz CT molecular complexity index is 924. The number of nitrogens with zero attached hydrogens (tertiary/aromatic N) is 2. The van der Waals surface area contributed by atoms with Crippen molar-refractivity contribution in [2.24, 2.45) is 0 Å². The van der Waals surface area contributed by atoms with E-state index in [1.165, 1.54) is 12.3 Å². The summed E-state index contributed by atoms with van der Waals surface area (Å²) in [4.78, 5) is 26.6. The molecular weight excluding hydrogens is 351 g/mol. The standard InChI is InChI=1S/C17H12Cl2N2O3/c18-12-8-13(19)15(14-11(12)6-3-7-20(14)24)21-16(22)9-4-1-2-5-10(9)17(21)23/h3,6-8H,1-2,4-5H2. The summed E-state index contributed by atoms with van der Waals surface area (Å²) in [5.74, 6) is -0.770. The van der Waals surface area contributed by atoms with Crippen LogP contribution in [0, 0.1) is 5.21 Å². The van der Waals surface area contributed by atoms with E-state index in [0.717, 1.165) is 17.7 Å². The zero-order valence-corrected chi connectivity index (χ0v) is 14.0. The number of anilines is 1. The van der Waals surface area contributed by atoms with E-state index < -0.39 is 0 Å². The molecule has 1 aliphatic carbocycles. The summed E-state index contributed by atoms with van der Waals surface area (Å²) < 4.78 is 0.584. The van der Waals surface area contributed by atoms with Crippen molar-refractivity contribution in [1.82, 2.24) is 0 Å². The molecule has 2 amide bonds. The van der Waals surface area contributed by atoms with Gasteiger partial charge in [-0.05, 0) is 37.8 Å². The Kier molecular flexibility index (Phi) is 3.51. The van der Waals surface area contributed by atoms with Gasteiger partial charge in [-0.2, -0.15) is 4.73 Å². The minimum Gasteiger partial charge on any atom is -0.618 e. The maximum Gasteiger partial charge on any atom is 0.262 e. The number of benzene rings is 1. The molecule has 1 aliphatic heterocycles. The van der Waals surface area contributed by atoms with Gasteiger partial charge >= 0.3 is 0 Å². The van der Waals surface area contributed by atoms with Crippen LogP contribution in [0.15, 0.2) is 35.5 Å². The monoisotopic (exact) mass is 362 g/mol. The minimum atomic E-state index is -0.385. The molecule has 122 valence electrons. The summed E-state index contributed by atoms with van der Waals surface area (Å²) in [7, 11) is 0. The van der Waals surface area contributed by atoms with Gasteiger partial charge in [0.2, 0.25) is 0 Å². The van der Waals surface area contributed by atoms with E-state index in [4.69, 9.17) is 23.2 Å². The smallest absolute Gasteiger partial charge is 0.262 e. The SMILES string of the molecule is O=C1C2=C(CCCC2)C(=O)N1c1c(Cl)cc(Cl)c2ccc[n+]([O-])c12. The van der Waals surface area contributed by atoms with E-state index in [0.29, 0.717) is 39.1 Å². The highest BCUT2D eigenvalue weighted by Crippen LogP contribution is 2.42. The Labute approximate surface area is 147 Å². The van der Waals surface area contributed by atoms with Gasteiger partial charge in [0.15, 0.2) is 6.20 Å². The summed E-state index contributed by atoms with van der Waals surface area (Å²) in [6.07, 6.45) is 4.20. The Morgan fingerprint density at radius 2 is 1.67 bits per heavy atom. The number of aromatic nitrogens is 1. The van der Waals surface area contributed by atoms with Crippen LogP contribution in [0.25, 0.3) is 10.9 Å². The molecule has 2 aliphatic rings. The normalized spacial score (nSPS) is 17.8. The third-order valence-corrected chi connectivity index (χ3v) is 5.14. The molecule has 0 radical (unpaired) electrons. The van der Waals surface area contributed by atoms with Gasteiger partial charge in [-0.3, -0.25) is 9.59 Å². The molecule has 1 aromatic carbocycles. The fraction of sp³-hybridized carbons (Fsp3) is 0.235. The van der Waals surface area contributed by atoms with Gasteiger partial charge in [-0.15, -0.1) is 0 Å². The van der Waals surface area contributed by atoms with Crippen LogP contribution in [0.1, 0.15) is 25.7 Å². The van der Waals surface area contributed by atoms with Crippen molar-refractivity contribution in [3.63, 3.8) is 0 Å². The lowest BCUT2D eigenvalue weighted by Crippen LogP contribution is -2.35. The lowest BCUT2D eigenvalue weighted by Gasteiger charge is -2.18. The summed E-state index contributed by atoms with van der Waals surface area (Å²) in [6.45, 7) is 0. The fourth-order valence-corrected chi connectivity index (χ4v) is 4.04. The number of carbonyl (C=O) groups excluding carboxylic acids is 2. The van der Waals surface area contributed by atoms with Crippen molar-refractivity contribution in [2.45, 2.75) is 25.7 Å². The van der Waals surface area contributed by atoms with Gasteiger partial charge < -0.3 is 5.21 Å². The largest absolute Gasteiger partial charge is 0.618 e. The van der Waals surface area contributed by atoms with Crippen molar-refractivity contribution in [2.75, 3.05) is 4.90 Å². The first-order valence-corrected chi connectivity index (χ1v) is 8.37. The number of hydrogen-bond donors (Lipinski definition) is 0. The molecule has 4 rings (SSSR count). The number of hydrogen-bond acceptors (Lipinski definition) is 3. The molecule has 1 aromatic heterocycles. The minimum absolute atomic E-state index is 0.102. The van der Waals surface area contributed by atoms with Crippen LogP contribution >= 0.6 is 23.2 Å². The second kappa shape index (κ2) is 5.46. The van der Waals surface area contributed by atoms with Gasteiger partial charge in [-0.1, -0.05) is 23.2 Å². The van der Waals surface area contributed by atoms with Crippen LogP contribution in [0.3, 0.4) is 0 Å². The third-order valence-electron chi connectivity index (χ3n) is 4.54. The Hall–Kier alpha value is -2.11. The fourth-order valence-electron chi connectivity index (χ4n) is 3.44. The van der Waals surface area contributed by atoms with Gasteiger partial charge in [0.1, 0.15) is 5.69 Å². The van der Waals surface area contributed by atoms with Gasteiger partial charge in [0.25, 0.3) is 17.3 Å². The Balaban J connectivity index is 1.99. The zero-order valence-electron chi connectivity index (χ0n) is 12.5. The molecule has 5 nitrogen and oxygen atoms in total. The molecule has 24 heavy (non-hydrogen) atoms. The van der Waals surface area contributed by atoms with Crippen molar-refractivity contribution >= 4 is 51.6 Å². The zero-order chi connectivity index (χ0) is 17.0. The molecule has 0 fully saturated rings. The van der Waals surface area contributed by atoms with Crippen LogP contribution in [-0.4, -0.2) is 11.8 Å². The molecule has 2 heterocycles. The first-order chi connectivity index (χ1) is 11.5. The van der Waals surface area contributed by atoms with Gasteiger partial charge in [-0.25, -0.2) is 4.90 Å². The number of carbonyl (C=O) groups is 2. The number of pyridine rings is 1. The van der Waals surface area contributed by atoms with E-state index in [2.05, 4.69) is 0 Å². The first-order valence-electron chi connectivity index (χ1n) is 7.61. The molecule has 0 saturated heterocycles. The quantitative estimate of drug-likeness (QED) is 0.442. The second-order valence-electron chi connectivity index (χ2n) is 5.90. The summed E-state index contributed by atoms with van der Waals surface area (Å²) >= 11 is 12.5. The highest BCUT2D eigenvalue weighted by Gasteiger charge is 2.42. The summed E-state index contributed by atoms with van der Waals surface area (Å²) in [6, 6.07) is 4.67. The van der Waals surface area contributed by atoms with Crippen molar-refractivity contribution in [1.29, 1.82) is 0 Å². The molecule has 0 spiro atoms. The number of halogens is 2. The second-order valence-corrected chi connectivity index (χ2v) is 6.71. The number of rotatable bonds is 1. The predicted molar refractivity (Wildman–Crippen MR) is 90.9 cm³/mol. The summed E-state index contributed by atoms with van der Waals surface area (Å²) in [5.41, 5.74) is 1.31. The molecule has 0 saturated carbocycles. The van der Waals surface area contributed by atoms with Crippen molar-refractivity contribution < 1.29 is 14.3 Å². The molecule has 0 atom stereocenters. The van der Waals surface area contributed by atoms with Gasteiger partial charge in [0.05, 0.1) is 15.4 Å². The van der Waals surface area contributed by atoms with Gasteiger partial charge in [0, 0.05) is 17.2 Å². The van der Waals surface area contributed by atoms with Crippen LogP contribution in [0.5, 0.6) is 0 Å². The summed E-state index contributed by atoms with van der Waals surface area (Å²) in [5, 5.41) is 13.2. The van der Waals surface area contributed by atoms with E-state index in [1.54, 1.807) is 12.1 Å². The lowest BCUT2D eigenvalue weighted by atomic mass is 9.93. The Morgan fingerprint density at radius 1 is 1.04 bits per heavy atom. The lowest BCUT2D eigenvalue weighted by molar-refractivity contribution is -0.576. The van der Waals surface area contributed by atoms with Crippen LogP contribution < -0.4 is 9.63 Å². The molecule has 0 bridgehead atoms. The topological polar surface area (TPSA) is 64.3 Å². The van der Waals surface area contributed by atoms with Crippen LogP contribution in [0.4, 0.5) is 5.69 Å². The first kappa shape index (κ1) is 15.4. The number of amides is 2. The van der Waals surface area contributed by atoms with E-state index in [-0.39, 0.29) is 28.0 Å². The molecule has 2 aromatic rings. The average molecular weight is 363 g/mol. The van der Waals surface area contributed by atoms with E-state index >= 15 is 0 Å². The van der Waals surface area contributed by atoms with Crippen molar-refractivity contribution in [3.8, 4) is 0 Å². The highest BCUT2D eigenvalue weighted by molar-refractivity contribution is 6.44. The predicted octanol–water partition coefficient (Wildman–Crippen LogP) is 3.52. The number of imide groups is 1. The molecule has 0 unspecified atom stereocenters. The molecule has 0 N–H and O–H groups in total. The van der Waals surface area contributed by atoms with Crippen LogP contribution in [0.2, 0.25) is 10.0 Å². The highest BCUT2D eigenvalue weighted by atomic mass is 35.5. The van der Waals surface area contributed by atoms with E-state index in [9.17, 15) is 14.8 Å². The van der Waals surface area contributed by atoms with Crippen molar-refractivity contribution in [3.05, 3.63) is 50.8 Å². The van der Waals surface area contributed by atoms with E-state index in [1.807, 2.05) is 0 Å².